The first kappa shape index (κ1) is 16.5. The van der Waals surface area contributed by atoms with Gasteiger partial charge in [0.15, 0.2) is 5.78 Å². The highest BCUT2D eigenvalue weighted by Gasteiger charge is 2.07. The van der Waals surface area contributed by atoms with E-state index < -0.39 is 0 Å². The number of allylic oxidation sites excluding steroid dienone is 1. The molecule has 1 aromatic rings. The van der Waals surface area contributed by atoms with Crippen LogP contribution in [-0.4, -0.2) is 12.4 Å². The van der Waals surface area contributed by atoms with Crippen molar-refractivity contribution in [2.75, 3.05) is 6.61 Å². The van der Waals surface area contributed by atoms with Gasteiger partial charge in [-0.2, -0.15) is 0 Å². The molecule has 0 aromatic heterocycles. The monoisotopic (exact) mass is 274 g/mol. The summed E-state index contributed by atoms with van der Waals surface area (Å²) in [5, 5.41) is 0. The minimum Gasteiger partial charge on any atom is -0.493 e. The van der Waals surface area contributed by atoms with Crippen molar-refractivity contribution >= 4 is 5.78 Å². The van der Waals surface area contributed by atoms with Crippen LogP contribution in [0.15, 0.2) is 30.4 Å². The van der Waals surface area contributed by atoms with Crippen LogP contribution in [0, 0.1) is 0 Å². The Morgan fingerprint density at radius 1 is 1.20 bits per heavy atom. The average molecular weight is 274 g/mol. The van der Waals surface area contributed by atoms with Crippen molar-refractivity contribution in [1.82, 2.24) is 0 Å². The standard InChI is InChI=1S/C18H26O2/c1-5-15-10-9-12-18(16(15)6-2)20-13-8-7-11-17(19)14(3)4/h9-10,12H,3,5-8,11,13H2,1-2,4H3. The number of hydrogen-bond donors (Lipinski definition) is 0. The van der Waals surface area contributed by atoms with Crippen LogP contribution in [-0.2, 0) is 17.6 Å². The van der Waals surface area contributed by atoms with Crippen LogP contribution < -0.4 is 4.74 Å². The summed E-state index contributed by atoms with van der Waals surface area (Å²) in [6, 6.07) is 6.26. The van der Waals surface area contributed by atoms with Gasteiger partial charge >= 0.3 is 0 Å². The Morgan fingerprint density at radius 3 is 2.55 bits per heavy atom. The molecule has 0 unspecified atom stereocenters. The van der Waals surface area contributed by atoms with Crippen LogP contribution in [0.1, 0.15) is 51.2 Å². The van der Waals surface area contributed by atoms with Crippen LogP contribution in [0.25, 0.3) is 0 Å². The Balaban J connectivity index is 2.42. The van der Waals surface area contributed by atoms with Gasteiger partial charge in [0.05, 0.1) is 6.61 Å². The van der Waals surface area contributed by atoms with Gasteiger partial charge in [-0.15, -0.1) is 0 Å². The minimum absolute atomic E-state index is 0.159. The molecule has 0 atom stereocenters. The van der Waals surface area contributed by atoms with Crippen LogP contribution in [0.2, 0.25) is 0 Å². The van der Waals surface area contributed by atoms with E-state index in [1.807, 2.05) is 6.07 Å². The predicted octanol–water partition coefficient (Wildman–Crippen LogP) is 4.51. The second-order valence-corrected chi connectivity index (χ2v) is 5.11. The third-order valence-corrected chi connectivity index (χ3v) is 3.50. The lowest BCUT2D eigenvalue weighted by Crippen LogP contribution is -2.04. The minimum atomic E-state index is 0.159. The van der Waals surface area contributed by atoms with Crippen molar-refractivity contribution in [3.05, 3.63) is 41.5 Å². The molecule has 0 N–H and O–H groups in total. The first-order valence-electron chi connectivity index (χ1n) is 7.52. The fraction of sp³-hybridized carbons (Fsp3) is 0.500. The van der Waals surface area contributed by atoms with Crippen LogP contribution in [0.5, 0.6) is 5.75 Å². The van der Waals surface area contributed by atoms with E-state index in [0.29, 0.717) is 18.6 Å². The van der Waals surface area contributed by atoms with Gasteiger partial charge in [0.1, 0.15) is 5.75 Å². The average Bonchev–Trinajstić information content (AvgIpc) is 2.45. The Morgan fingerprint density at radius 2 is 1.95 bits per heavy atom. The van der Waals surface area contributed by atoms with E-state index in [9.17, 15) is 4.79 Å². The molecule has 0 aliphatic rings. The summed E-state index contributed by atoms with van der Waals surface area (Å²) in [6.45, 7) is 10.4. The molecular formula is C18H26O2. The predicted molar refractivity (Wildman–Crippen MR) is 84.4 cm³/mol. The molecule has 1 aromatic carbocycles. The van der Waals surface area contributed by atoms with Crippen molar-refractivity contribution in [2.24, 2.45) is 0 Å². The highest BCUT2D eigenvalue weighted by atomic mass is 16.5. The molecule has 2 nitrogen and oxygen atoms in total. The first-order valence-corrected chi connectivity index (χ1v) is 7.52. The largest absolute Gasteiger partial charge is 0.493 e. The van der Waals surface area contributed by atoms with Crippen LogP contribution in [0.3, 0.4) is 0 Å². The van der Waals surface area contributed by atoms with Crippen LogP contribution in [0.4, 0.5) is 0 Å². The molecule has 0 radical (unpaired) electrons. The second-order valence-electron chi connectivity index (χ2n) is 5.11. The fourth-order valence-corrected chi connectivity index (χ4v) is 2.26. The molecular weight excluding hydrogens is 248 g/mol. The van der Waals surface area contributed by atoms with E-state index in [0.717, 1.165) is 31.4 Å². The Labute approximate surface area is 122 Å². The number of aryl methyl sites for hydroxylation is 1. The summed E-state index contributed by atoms with van der Waals surface area (Å²) in [7, 11) is 0. The van der Waals surface area contributed by atoms with Gasteiger partial charge < -0.3 is 4.74 Å². The molecule has 2 heteroatoms. The number of hydrogen-bond acceptors (Lipinski definition) is 2. The number of unbranched alkanes of at least 4 members (excludes halogenated alkanes) is 1. The molecule has 1 rings (SSSR count). The third kappa shape index (κ3) is 4.84. The second kappa shape index (κ2) is 8.57. The number of carbonyl (C=O) groups is 1. The number of ether oxygens (including phenoxy) is 1. The zero-order chi connectivity index (χ0) is 15.0. The summed E-state index contributed by atoms with van der Waals surface area (Å²) in [5.74, 6) is 1.16. The maximum absolute atomic E-state index is 11.4. The summed E-state index contributed by atoms with van der Waals surface area (Å²) >= 11 is 0. The summed E-state index contributed by atoms with van der Waals surface area (Å²) in [6.07, 6.45) is 4.37. The maximum Gasteiger partial charge on any atom is 0.157 e. The quantitative estimate of drug-likeness (QED) is 0.489. The smallest absolute Gasteiger partial charge is 0.157 e. The van der Waals surface area contributed by atoms with E-state index in [1.54, 1.807) is 6.92 Å². The third-order valence-electron chi connectivity index (χ3n) is 3.50. The lowest BCUT2D eigenvalue weighted by Gasteiger charge is -2.13. The highest BCUT2D eigenvalue weighted by molar-refractivity contribution is 5.93. The molecule has 0 saturated carbocycles. The fourth-order valence-electron chi connectivity index (χ4n) is 2.26. The zero-order valence-electron chi connectivity index (χ0n) is 13.0. The number of ketones is 1. The van der Waals surface area contributed by atoms with Crippen molar-refractivity contribution in [1.29, 1.82) is 0 Å². The van der Waals surface area contributed by atoms with E-state index >= 15 is 0 Å². The van der Waals surface area contributed by atoms with Gasteiger partial charge in [-0.3, -0.25) is 4.79 Å². The first-order chi connectivity index (χ1) is 9.60. The molecule has 0 fully saturated rings. The summed E-state index contributed by atoms with van der Waals surface area (Å²) < 4.78 is 5.88. The van der Waals surface area contributed by atoms with E-state index in [2.05, 4.69) is 32.6 Å². The van der Waals surface area contributed by atoms with Crippen molar-refractivity contribution < 1.29 is 9.53 Å². The number of benzene rings is 1. The Hall–Kier alpha value is -1.57. The number of Topliss-reactive ketones (excluding diaryl/α,β-unsaturated/α-hetero) is 1. The molecule has 0 aliphatic heterocycles. The molecule has 0 bridgehead atoms. The lowest BCUT2D eigenvalue weighted by atomic mass is 10.0. The van der Waals surface area contributed by atoms with Gasteiger partial charge in [0.2, 0.25) is 0 Å². The maximum atomic E-state index is 11.4. The molecule has 110 valence electrons. The van der Waals surface area contributed by atoms with Gasteiger partial charge in [0, 0.05) is 6.42 Å². The Bertz CT molecular complexity index is 460. The lowest BCUT2D eigenvalue weighted by molar-refractivity contribution is -0.115. The normalized spacial score (nSPS) is 10.3. The zero-order valence-corrected chi connectivity index (χ0v) is 13.0. The van der Waals surface area contributed by atoms with Crippen molar-refractivity contribution in [2.45, 2.75) is 52.9 Å². The van der Waals surface area contributed by atoms with E-state index in [4.69, 9.17) is 4.74 Å². The number of carbonyl (C=O) groups excluding carboxylic acids is 1. The van der Waals surface area contributed by atoms with Gasteiger partial charge in [0.25, 0.3) is 0 Å². The van der Waals surface area contributed by atoms with E-state index in [-0.39, 0.29) is 5.78 Å². The van der Waals surface area contributed by atoms with Gasteiger partial charge in [-0.25, -0.2) is 0 Å². The summed E-state index contributed by atoms with van der Waals surface area (Å²) in [5.41, 5.74) is 3.32. The van der Waals surface area contributed by atoms with Crippen LogP contribution >= 0.6 is 0 Å². The summed E-state index contributed by atoms with van der Waals surface area (Å²) in [4.78, 5) is 11.4. The highest BCUT2D eigenvalue weighted by Crippen LogP contribution is 2.23. The van der Waals surface area contributed by atoms with E-state index in [1.165, 1.54) is 11.1 Å². The molecule has 0 heterocycles. The molecule has 20 heavy (non-hydrogen) atoms. The molecule has 0 saturated heterocycles. The Kier molecular flexibility index (Phi) is 7.06. The molecule has 0 aliphatic carbocycles. The van der Waals surface area contributed by atoms with Crippen molar-refractivity contribution in [3.8, 4) is 5.75 Å². The topological polar surface area (TPSA) is 26.3 Å². The van der Waals surface area contributed by atoms with Crippen molar-refractivity contribution in [3.63, 3.8) is 0 Å². The van der Waals surface area contributed by atoms with Gasteiger partial charge in [-0.1, -0.05) is 32.6 Å². The van der Waals surface area contributed by atoms with Gasteiger partial charge in [-0.05, 0) is 55.4 Å². The molecule has 0 spiro atoms. The number of rotatable bonds is 9. The molecule has 0 amide bonds. The SMILES string of the molecule is C=C(C)C(=O)CCCCOc1cccc(CC)c1CC.